The van der Waals surface area contributed by atoms with Crippen molar-refractivity contribution >= 4 is 12.0 Å². The van der Waals surface area contributed by atoms with Gasteiger partial charge < -0.3 is 4.74 Å². The summed E-state index contributed by atoms with van der Waals surface area (Å²) in [6.07, 6.45) is 2.87. The van der Waals surface area contributed by atoms with E-state index in [2.05, 4.69) is 19.1 Å². The van der Waals surface area contributed by atoms with Gasteiger partial charge in [0.25, 0.3) is 0 Å². The number of hydrogen-bond acceptors (Lipinski definition) is 2. The highest BCUT2D eigenvalue weighted by Crippen LogP contribution is 2.10. The lowest BCUT2D eigenvalue weighted by atomic mass is 10.1. The van der Waals surface area contributed by atoms with Crippen LogP contribution in [-0.4, -0.2) is 12.6 Å². The maximum absolute atomic E-state index is 11.4. The number of aryl methyl sites for hydroxylation is 1. The first kappa shape index (κ1) is 12.5. The number of carbonyl (C=O) groups is 1. The second-order valence-electron chi connectivity index (χ2n) is 3.64. The molecule has 2 nitrogen and oxygen atoms in total. The van der Waals surface area contributed by atoms with Crippen LogP contribution in [-0.2, 0) is 16.0 Å². The molecular formula is C14H18O2. The highest BCUT2D eigenvalue weighted by molar-refractivity contribution is 5.92. The third kappa shape index (κ3) is 3.54. The molecule has 0 heterocycles. The number of esters is 1. The molecule has 1 rings (SSSR count). The second kappa shape index (κ2) is 6.11. The Bertz CT molecular complexity index is 374. The summed E-state index contributed by atoms with van der Waals surface area (Å²) >= 11 is 0. The molecule has 86 valence electrons. The highest BCUT2D eigenvalue weighted by Gasteiger charge is 2.03. The third-order valence-corrected chi connectivity index (χ3v) is 2.37. The first-order valence-corrected chi connectivity index (χ1v) is 5.61. The van der Waals surface area contributed by atoms with Crippen molar-refractivity contribution in [1.82, 2.24) is 0 Å². The molecule has 0 aliphatic heterocycles. The van der Waals surface area contributed by atoms with Crippen LogP contribution in [0.25, 0.3) is 6.08 Å². The van der Waals surface area contributed by atoms with Crippen molar-refractivity contribution in [1.29, 1.82) is 0 Å². The Labute approximate surface area is 96.9 Å². The summed E-state index contributed by atoms with van der Waals surface area (Å²) in [5.74, 6) is -0.248. The average molecular weight is 218 g/mol. The van der Waals surface area contributed by atoms with E-state index < -0.39 is 0 Å². The smallest absolute Gasteiger partial charge is 0.333 e. The monoisotopic (exact) mass is 218 g/mol. The first-order valence-electron chi connectivity index (χ1n) is 5.61. The molecule has 0 N–H and O–H groups in total. The Kier molecular flexibility index (Phi) is 4.77. The van der Waals surface area contributed by atoms with Gasteiger partial charge in [0.1, 0.15) is 0 Å². The molecule has 0 atom stereocenters. The summed E-state index contributed by atoms with van der Waals surface area (Å²) in [5.41, 5.74) is 2.96. The lowest BCUT2D eigenvalue weighted by Crippen LogP contribution is -2.04. The van der Waals surface area contributed by atoms with Crippen LogP contribution in [0.2, 0.25) is 0 Å². The fourth-order valence-electron chi connectivity index (χ4n) is 1.40. The fraction of sp³-hybridized carbons (Fsp3) is 0.357. The fourth-order valence-corrected chi connectivity index (χ4v) is 1.40. The molecule has 2 heteroatoms. The Hall–Kier alpha value is -1.57. The van der Waals surface area contributed by atoms with E-state index in [1.165, 1.54) is 5.56 Å². The molecule has 0 aliphatic carbocycles. The van der Waals surface area contributed by atoms with Gasteiger partial charge in [-0.3, -0.25) is 0 Å². The Morgan fingerprint density at radius 3 is 2.38 bits per heavy atom. The van der Waals surface area contributed by atoms with Crippen LogP contribution in [0.4, 0.5) is 0 Å². The van der Waals surface area contributed by atoms with Gasteiger partial charge in [-0.25, -0.2) is 4.79 Å². The number of benzene rings is 1. The minimum atomic E-state index is -0.248. The van der Waals surface area contributed by atoms with Gasteiger partial charge in [0.15, 0.2) is 0 Å². The Balaban J connectivity index is 2.77. The Morgan fingerprint density at radius 1 is 1.25 bits per heavy atom. The van der Waals surface area contributed by atoms with Crippen LogP contribution >= 0.6 is 0 Å². The molecule has 1 aromatic carbocycles. The van der Waals surface area contributed by atoms with E-state index in [9.17, 15) is 4.79 Å². The van der Waals surface area contributed by atoms with E-state index in [1.54, 1.807) is 13.8 Å². The van der Waals surface area contributed by atoms with Crippen molar-refractivity contribution < 1.29 is 9.53 Å². The summed E-state index contributed by atoms with van der Waals surface area (Å²) in [4.78, 5) is 11.4. The molecule has 0 amide bonds. The summed E-state index contributed by atoms with van der Waals surface area (Å²) in [7, 11) is 0. The molecule has 1 aromatic rings. The summed E-state index contributed by atoms with van der Waals surface area (Å²) in [6.45, 7) is 6.11. The molecule has 0 saturated carbocycles. The number of hydrogen-bond donors (Lipinski definition) is 0. The largest absolute Gasteiger partial charge is 0.463 e. The van der Waals surface area contributed by atoms with Crippen molar-refractivity contribution in [2.75, 3.05) is 6.61 Å². The van der Waals surface area contributed by atoms with Crippen molar-refractivity contribution in [2.45, 2.75) is 27.2 Å². The van der Waals surface area contributed by atoms with E-state index >= 15 is 0 Å². The maximum Gasteiger partial charge on any atom is 0.333 e. The van der Waals surface area contributed by atoms with E-state index in [0.717, 1.165) is 12.0 Å². The summed E-state index contributed by atoms with van der Waals surface area (Å²) in [5, 5.41) is 0. The van der Waals surface area contributed by atoms with Crippen LogP contribution in [0, 0.1) is 0 Å². The van der Waals surface area contributed by atoms with Crippen molar-refractivity contribution in [3.05, 3.63) is 41.0 Å². The molecule has 0 saturated heterocycles. The van der Waals surface area contributed by atoms with Crippen LogP contribution in [0.3, 0.4) is 0 Å². The van der Waals surface area contributed by atoms with Gasteiger partial charge in [-0.2, -0.15) is 0 Å². The van der Waals surface area contributed by atoms with Crippen molar-refractivity contribution in [2.24, 2.45) is 0 Å². The zero-order chi connectivity index (χ0) is 12.0. The third-order valence-electron chi connectivity index (χ3n) is 2.37. The molecule has 0 unspecified atom stereocenters. The highest BCUT2D eigenvalue weighted by atomic mass is 16.5. The molecule has 0 radical (unpaired) electrons. The maximum atomic E-state index is 11.4. The molecule has 0 bridgehead atoms. The minimum absolute atomic E-state index is 0.248. The van der Waals surface area contributed by atoms with Gasteiger partial charge in [0.05, 0.1) is 6.61 Å². The van der Waals surface area contributed by atoms with Crippen LogP contribution in [0.1, 0.15) is 31.9 Å². The minimum Gasteiger partial charge on any atom is -0.463 e. The van der Waals surface area contributed by atoms with Crippen LogP contribution < -0.4 is 0 Å². The van der Waals surface area contributed by atoms with E-state index in [1.807, 2.05) is 18.2 Å². The lowest BCUT2D eigenvalue weighted by Gasteiger charge is -2.02. The van der Waals surface area contributed by atoms with Crippen molar-refractivity contribution in [3.63, 3.8) is 0 Å². The van der Waals surface area contributed by atoms with Crippen LogP contribution in [0.5, 0.6) is 0 Å². The molecule has 0 fully saturated rings. The number of ether oxygens (including phenoxy) is 1. The zero-order valence-corrected chi connectivity index (χ0v) is 10.1. The molecule has 0 aliphatic rings. The number of rotatable bonds is 4. The first-order chi connectivity index (χ1) is 7.67. The van der Waals surface area contributed by atoms with Gasteiger partial charge in [0, 0.05) is 5.57 Å². The number of carbonyl (C=O) groups excluding carboxylic acids is 1. The van der Waals surface area contributed by atoms with Gasteiger partial charge >= 0.3 is 5.97 Å². The second-order valence-corrected chi connectivity index (χ2v) is 3.64. The SMILES string of the molecule is CCOC(=O)/C(C)=C/c1ccc(CC)cc1. The molecule has 0 aromatic heterocycles. The van der Waals surface area contributed by atoms with E-state index in [4.69, 9.17) is 4.74 Å². The lowest BCUT2D eigenvalue weighted by molar-refractivity contribution is -0.138. The molecule has 16 heavy (non-hydrogen) atoms. The average Bonchev–Trinajstić information content (AvgIpc) is 2.30. The van der Waals surface area contributed by atoms with Crippen molar-refractivity contribution in [3.8, 4) is 0 Å². The van der Waals surface area contributed by atoms with Gasteiger partial charge in [0.2, 0.25) is 0 Å². The predicted molar refractivity (Wildman–Crippen MR) is 66.1 cm³/mol. The normalized spacial score (nSPS) is 11.3. The predicted octanol–water partition coefficient (Wildman–Crippen LogP) is 3.22. The standard InChI is InChI=1S/C14H18O2/c1-4-12-6-8-13(9-7-12)10-11(3)14(15)16-5-2/h6-10H,4-5H2,1-3H3/b11-10+. The quantitative estimate of drug-likeness (QED) is 0.573. The van der Waals surface area contributed by atoms with Crippen LogP contribution in [0.15, 0.2) is 29.8 Å². The Morgan fingerprint density at radius 2 is 1.88 bits per heavy atom. The van der Waals surface area contributed by atoms with Gasteiger partial charge in [-0.05, 0) is 37.5 Å². The summed E-state index contributed by atoms with van der Waals surface area (Å²) in [6, 6.07) is 8.18. The van der Waals surface area contributed by atoms with E-state index in [0.29, 0.717) is 12.2 Å². The topological polar surface area (TPSA) is 26.3 Å². The zero-order valence-electron chi connectivity index (χ0n) is 10.1. The summed E-state index contributed by atoms with van der Waals surface area (Å²) < 4.78 is 4.91. The molecular weight excluding hydrogens is 200 g/mol. The van der Waals surface area contributed by atoms with Gasteiger partial charge in [-0.15, -0.1) is 0 Å². The van der Waals surface area contributed by atoms with Gasteiger partial charge in [-0.1, -0.05) is 31.2 Å². The molecule has 0 spiro atoms. The van der Waals surface area contributed by atoms with E-state index in [-0.39, 0.29) is 5.97 Å².